The fraction of sp³-hybridized carbons (Fsp3) is 0.474. The highest BCUT2D eigenvalue weighted by molar-refractivity contribution is 5.91. The molecule has 130 valence electrons. The van der Waals surface area contributed by atoms with E-state index in [0.29, 0.717) is 32.0 Å². The van der Waals surface area contributed by atoms with Gasteiger partial charge in [0.05, 0.1) is 6.61 Å². The third-order valence-corrected chi connectivity index (χ3v) is 3.83. The molecule has 1 aliphatic rings. The van der Waals surface area contributed by atoms with Crippen LogP contribution in [0.25, 0.3) is 6.08 Å². The van der Waals surface area contributed by atoms with Crippen LogP contribution >= 0.6 is 0 Å². The average molecular weight is 330 g/mol. The molecule has 1 atom stereocenters. The van der Waals surface area contributed by atoms with Crippen molar-refractivity contribution in [3.63, 3.8) is 0 Å². The molecule has 1 aromatic rings. The van der Waals surface area contributed by atoms with E-state index in [0.717, 1.165) is 5.56 Å². The minimum atomic E-state index is -0.408. The van der Waals surface area contributed by atoms with E-state index < -0.39 is 6.10 Å². The molecule has 2 N–H and O–H groups in total. The molecule has 0 bridgehead atoms. The maximum atomic E-state index is 11.8. The highest BCUT2D eigenvalue weighted by atomic mass is 16.5. The minimum absolute atomic E-state index is 0.0917. The molecule has 0 saturated heterocycles. The van der Waals surface area contributed by atoms with Crippen LogP contribution < -0.4 is 10.6 Å². The van der Waals surface area contributed by atoms with Crippen LogP contribution in [0.3, 0.4) is 0 Å². The maximum absolute atomic E-state index is 11.8. The molecule has 1 aliphatic carbocycles. The van der Waals surface area contributed by atoms with Gasteiger partial charge in [-0.1, -0.05) is 30.3 Å². The van der Waals surface area contributed by atoms with Crippen molar-refractivity contribution in [3.8, 4) is 0 Å². The molecule has 1 unspecified atom stereocenters. The van der Waals surface area contributed by atoms with E-state index in [4.69, 9.17) is 4.74 Å². The van der Waals surface area contributed by atoms with Crippen molar-refractivity contribution in [2.24, 2.45) is 5.92 Å². The fourth-order valence-electron chi connectivity index (χ4n) is 2.09. The van der Waals surface area contributed by atoms with E-state index >= 15 is 0 Å². The van der Waals surface area contributed by atoms with Crippen molar-refractivity contribution in [2.45, 2.75) is 32.3 Å². The summed E-state index contributed by atoms with van der Waals surface area (Å²) in [5, 5.41) is 5.62. The standard InChI is InChI=1S/C19H26N2O3/c1-15(24-14-17-8-9-17)19(23)21-13-5-12-20-18(22)11-10-16-6-3-2-4-7-16/h2-4,6-7,10-11,15,17H,5,8-9,12-14H2,1H3,(H,20,22)(H,21,23). The molecule has 2 rings (SSSR count). The number of hydrogen-bond acceptors (Lipinski definition) is 3. The Kier molecular flexibility index (Phi) is 7.49. The summed E-state index contributed by atoms with van der Waals surface area (Å²) < 4.78 is 5.51. The summed E-state index contributed by atoms with van der Waals surface area (Å²) >= 11 is 0. The van der Waals surface area contributed by atoms with Gasteiger partial charge in [0.2, 0.25) is 11.8 Å². The van der Waals surface area contributed by atoms with Crippen LogP contribution in [0.5, 0.6) is 0 Å². The first kappa shape index (κ1) is 18.2. The number of ether oxygens (including phenoxy) is 1. The highest BCUT2D eigenvalue weighted by Gasteiger charge is 2.23. The number of hydrogen-bond donors (Lipinski definition) is 2. The van der Waals surface area contributed by atoms with Gasteiger partial charge >= 0.3 is 0 Å². The molecule has 1 fully saturated rings. The minimum Gasteiger partial charge on any atom is -0.368 e. The highest BCUT2D eigenvalue weighted by Crippen LogP contribution is 2.29. The van der Waals surface area contributed by atoms with Crippen molar-refractivity contribution < 1.29 is 14.3 Å². The largest absolute Gasteiger partial charge is 0.368 e. The zero-order valence-corrected chi connectivity index (χ0v) is 14.2. The lowest BCUT2D eigenvalue weighted by molar-refractivity contribution is -0.131. The lowest BCUT2D eigenvalue weighted by atomic mass is 10.2. The molecule has 0 heterocycles. The molecule has 0 radical (unpaired) electrons. The molecule has 5 nitrogen and oxygen atoms in total. The number of amides is 2. The molecule has 2 amide bonds. The van der Waals surface area contributed by atoms with Crippen LogP contribution in [0.15, 0.2) is 36.4 Å². The number of benzene rings is 1. The van der Waals surface area contributed by atoms with Crippen molar-refractivity contribution >= 4 is 17.9 Å². The van der Waals surface area contributed by atoms with Crippen LogP contribution in [0.1, 0.15) is 31.7 Å². The van der Waals surface area contributed by atoms with Gasteiger partial charge in [0, 0.05) is 19.2 Å². The van der Waals surface area contributed by atoms with E-state index in [1.165, 1.54) is 18.9 Å². The summed E-state index contributed by atoms with van der Waals surface area (Å²) in [6.07, 6.45) is 6.00. The van der Waals surface area contributed by atoms with E-state index in [9.17, 15) is 9.59 Å². The lowest BCUT2D eigenvalue weighted by Gasteiger charge is -2.13. The number of carbonyl (C=O) groups is 2. The molecule has 24 heavy (non-hydrogen) atoms. The van der Waals surface area contributed by atoms with Crippen LogP contribution in [0, 0.1) is 5.92 Å². The normalized spacial score (nSPS) is 15.2. The van der Waals surface area contributed by atoms with Crippen LogP contribution in [0.4, 0.5) is 0 Å². The average Bonchev–Trinajstić information content (AvgIpc) is 3.42. The van der Waals surface area contributed by atoms with Crippen molar-refractivity contribution in [2.75, 3.05) is 19.7 Å². The van der Waals surface area contributed by atoms with Crippen molar-refractivity contribution in [1.29, 1.82) is 0 Å². The molecule has 0 aromatic heterocycles. The second kappa shape index (κ2) is 9.88. The van der Waals surface area contributed by atoms with E-state index in [1.54, 1.807) is 13.0 Å². The summed E-state index contributed by atoms with van der Waals surface area (Å²) in [4.78, 5) is 23.5. The van der Waals surface area contributed by atoms with Gasteiger partial charge in [-0.3, -0.25) is 9.59 Å². The van der Waals surface area contributed by atoms with Gasteiger partial charge in [0.15, 0.2) is 0 Å². The molecule has 1 aromatic carbocycles. The lowest BCUT2D eigenvalue weighted by Crippen LogP contribution is -2.36. The summed E-state index contributed by atoms with van der Waals surface area (Å²) in [6.45, 7) is 3.50. The summed E-state index contributed by atoms with van der Waals surface area (Å²) in [7, 11) is 0. The van der Waals surface area contributed by atoms with Gasteiger partial charge in [0.1, 0.15) is 6.10 Å². The topological polar surface area (TPSA) is 67.4 Å². The van der Waals surface area contributed by atoms with Crippen molar-refractivity contribution in [1.82, 2.24) is 10.6 Å². The predicted octanol–water partition coefficient (Wildman–Crippen LogP) is 2.14. The molecule has 5 heteroatoms. The molecule has 0 spiro atoms. The summed E-state index contributed by atoms with van der Waals surface area (Å²) in [5.74, 6) is 0.427. The Morgan fingerprint density at radius 1 is 1.21 bits per heavy atom. The zero-order chi connectivity index (χ0) is 17.2. The first-order valence-corrected chi connectivity index (χ1v) is 8.55. The van der Waals surface area contributed by atoms with Gasteiger partial charge in [-0.05, 0) is 43.7 Å². The predicted molar refractivity (Wildman–Crippen MR) is 94.3 cm³/mol. The van der Waals surface area contributed by atoms with E-state index in [-0.39, 0.29) is 11.8 Å². The summed E-state index contributed by atoms with van der Waals surface area (Å²) in [6, 6.07) is 9.66. The summed E-state index contributed by atoms with van der Waals surface area (Å²) in [5.41, 5.74) is 0.986. The van der Waals surface area contributed by atoms with Crippen LogP contribution in [-0.4, -0.2) is 37.6 Å². The smallest absolute Gasteiger partial charge is 0.248 e. The molecule has 0 aliphatic heterocycles. The molecular formula is C19H26N2O3. The van der Waals surface area contributed by atoms with Crippen LogP contribution in [0.2, 0.25) is 0 Å². The Morgan fingerprint density at radius 3 is 2.62 bits per heavy atom. The monoisotopic (exact) mass is 330 g/mol. The third-order valence-electron chi connectivity index (χ3n) is 3.83. The van der Waals surface area contributed by atoms with Gasteiger partial charge in [-0.15, -0.1) is 0 Å². The number of carbonyl (C=O) groups excluding carboxylic acids is 2. The first-order chi connectivity index (χ1) is 11.6. The Bertz CT molecular complexity index is 553. The zero-order valence-electron chi connectivity index (χ0n) is 14.2. The van der Waals surface area contributed by atoms with Gasteiger partial charge < -0.3 is 15.4 Å². The van der Waals surface area contributed by atoms with Gasteiger partial charge in [-0.25, -0.2) is 0 Å². The second-order valence-corrected chi connectivity index (χ2v) is 6.10. The van der Waals surface area contributed by atoms with E-state index in [1.807, 2.05) is 30.3 Å². The molecular weight excluding hydrogens is 304 g/mol. The van der Waals surface area contributed by atoms with Gasteiger partial charge in [-0.2, -0.15) is 0 Å². The third kappa shape index (κ3) is 7.42. The van der Waals surface area contributed by atoms with Gasteiger partial charge in [0.25, 0.3) is 0 Å². The Balaban J connectivity index is 1.51. The molecule has 1 saturated carbocycles. The van der Waals surface area contributed by atoms with Crippen molar-refractivity contribution in [3.05, 3.63) is 42.0 Å². The number of nitrogens with one attached hydrogen (secondary N) is 2. The Labute approximate surface area is 143 Å². The van der Waals surface area contributed by atoms with Crippen LogP contribution in [-0.2, 0) is 14.3 Å². The SMILES string of the molecule is CC(OCC1CC1)C(=O)NCCCNC(=O)C=Cc1ccccc1. The van der Waals surface area contributed by atoms with E-state index in [2.05, 4.69) is 10.6 Å². The number of rotatable bonds is 10. The Morgan fingerprint density at radius 2 is 1.92 bits per heavy atom. The first-order valence-electron chi connectivity index (χ1n) is 8.55. The fourth-order valence-corrected chi connectivity index (χ4v) is 2.09. The quantitative estimate of drug-likeness (QED) is 0.510. The second-order valence-electron chi connectivity index (χ2n) is 6.10. The Hall–Kier alpha value is -2.14. The maximum Gasteiger partial charge on any atom is 0.248 e.